The SMILES string of the molecule is CCC1CCCCN1CCN1CC(CCl)CC1=O. The van der Waals surface area contributed by atoms with Gasteiger partial charge in [0.1, 0.15) is 0 Å². The zero-order valence-electron chi connectivity index (χ0n) is 11.4. The van der Waals surface area contributed by atoms with E-state index >= 15 is 0 Å². The number of carbonyl (C=O) groups excluding carboxylic acids is 1. The van der Waals surface area contributed by atoms with E-state index < -0.39 is 0 Å². The maximum Gasteiger partial charge on any atom is 0.223 e. The minimum absolute atomic E-state index is 0.297. The van der Waals surface area contributed by atoms with E-state index in [1.807, 2.05) is 4.90 Å². The fourth-order valence-electron chi connectivity index (χ4n) is 3.24. The number of likely N-dealkylation sites (tertiary alicyclic amines) is 2. The van der Waals surface area contributed by atoms with E-state index in [0.29, 0.717) is 24.1 Å². The largest absolute Gasteiger partial charge is 0.341 e. The zero-order chi connectivity index (χ0) is 13.0. The van der Waals surface area contributed by atoms with E-state index in [1.54, 1.807) is 0 Å². The summed E-state index contributed by atoms with van der Waals surface area (Å²) in [6.45, 7) is 6.28. The molecule has 2 rings (SSSR count). The van der Waals surface area contributed by atoms with Crippen molar-refractivity contribution in [1.82, 2.24) is 9.80 Å². The van der Waals surface area contributed by atoms with Crippen LogP contribution in [0.2, 0.25) is 0 Å². The number of rotatable bonds is 5. The van der Waals surface area contributed by atoms with E-state index in [9.17, 15) is 4.79 Å². The Labute approximate surface area is 115 Å². The van der Waals surface area contributed by atoms with Crippen LogP contribution in [-0.2, 0) is 4.79 Å². The minimum Gasteiger partial charge on any atom is -0.341 e. The Morgan fingerprint density at radius 3 is 2.83 bits per heavy atom. The van der Waals surface area contributed by atoms with Crippen molar-refractivity contribution >= 4 is 17.5 Å². The molecule has 0 aromatic carbocycles. The highest BCUT2D eigenvalue weighted by Gasteiger charge is 2.29. The minimum atomic E-state index is 0.297. The molecule has 2 aliphatic heterocycles. The number of halogens is 1. The molecule has 0 aromatic heterocycles. The molecular formula is C14H25ClN2O. The summed E-state index contributed by atoms with van der Waals surface area (Å²) in [6.07, 6.45) is 5.90. The highest BCUT2D eigenvalue weighted by molar-refractivity contribution is 6.18. The van der Waals surface area contributed by atoms with Gasteiger partial charge < -0.3 is 4.90 Å². The lowest BCUT2D eigenvalue weighted by atomic mass is 10.0. The fraction of sp³-hybridized carbons (Fsp3) is 0.929. The summed E-state index contributed by atoms with van der Waals surface area (Å²) in [4.78, 5) is 16.4. The van der Waals surface area contributed by atoms with Crippen LogP contribution < -0.4 is 0 Å². The van der Waals surface area contributed by atoms with Gasteiger partial charge in [-0.05, 0) is 31.7 Å². The number of nitrogens with zero attached hydrogens (tertiary/aromatic N) is 2. The van der Waals surface area contributed by atoms with Gasteiger partial charge in [-0.1, -0.05) is 13.3 Å². The molecule has 2 atom stereocenters. The van der Waals surface area contributed by atoms with Crippen molar-refractivity contribution in [3.63, 3.8) is 0 Å². The van der Waals surface area contributed by atoms with E-state index in [4.69, 9.17) is 11.6 Å². The van der Waals surface area contributed by atoms with E-state index in [2.05, 4.69) is 11.8 Å². The summed E-state index contributed by atoms with van der Waals surface area (Å²) < 4.78 is 0. The van der Waals surface area contributed by atoms with E-state index in [0.717, 1.165) is 25.7 Å². The second-order valence-electron chi connectivity index (χ2n) is 5.66. The first kappa shape index (κ1) is 14.1. The Balaban J connectivity index is 1.78. The van der Waals surface area contributed by atoms with Crippen LogP contribution in [0.15, 0.2) is 0 Å². The normalized spacial score (nSPS) is 30.1. The number of alkyl halides is 1. The molecule has 0 spiro atoms. The van der Waals surface area contributed by atoms with Gasteiger partial charge in [0.25, 0.3) is 0 Å². The molecule has 0 aromatic rings. The van der Waals surface area contributed by atoms with Crippen LogP contribution in [0.1, 0.15) is 39.0 Å². The molecule has 0 bridgehead atoms. The third kappa shape index (κ3) is 3.39. The molecule has 2 saturated heterocycles. The van der Waals surface area contributed by atoms with Crippen molar-refractivity contribution in [2.75, 3.05) is 32.1 Å². The van der Waals surface area contributed by atoms with E-state index in [1.165, 1.54) is 32.2 Å². The molecular weight excluding hydrogens is 248 g/mol. The van der Waals surface area contributed by atoms with Crippen LogP contribution >= 0.6 is 11.6 Å². The van der Waals surface area contributed by atoms with Crippen molar-refractivity contribution in [1.29, 1.82) is 0 Å². The topological polar surface area (TPSA) is 23.6 Å². The third-order valence-electron chi connectivity index (χ3n) is 4.39. The molecule has 2 fully saturated rings. The third-order valence-corrected chi connectivity index (χ3v) is 4.83. The fourth-order valence-corrected chi connectivity index (χ4v) is 3.45. The van der Waals surface area contributed by atoms with Gasteiger partial charge in [0.2, 0.25) is 5.91 Å². The lowest BCUT2D eigenvalue weighted by molar-refractivity contribution is -0.128. The maximum absolute atomic E-state index is 11.8. The van der Waals surface area contributed by atoms with Crippen LogP contribution in [0.3, 0.4) is 0 Å². The predicted molar refractivity (Wildman–Crippen MR) is 74.9 cm³/mol. The van der Waals surface area contributed by atoms with Gasteiger partial charge in [-0.15, -0.1) is 11.6 Å². The molecule has 4 heteroatoms. The van der Waals surface area contributed by atoms with Gasteiger partial charge in [0.15, 0.2) is 0 Å². The van der Waals surface area contributed by atoms with Crippen molar-refractivity contribution in [3.05, 3.63) is 0 Å². The summed E-state index contributed by atoms with van der Waals surface area (Å²) in [5, 5.41) is 0. The molecule has 18 heavy (non-hydrogen) atoms. The summed E-state index contributed by atoms with van der Waals surface area (Å²) in [5.41, 5.74) is 0. The first-order valence-electron chi connectivity index (χ1n) is 7.32. The molecule has 104 valence electrons. The lowest BCUT2D eigenvalue weighted by Crippen LogP contribution is -2.44. The number of hydrogen-bond donors (Lipinski definition) is 0. The lowest BCUT2D eigenvalue weighted by Gasteiger charge is -2.36. The summed E-state index contributed by atoms with van der Waals surface area (Å²) in [5.74, 6) is 1.29. The van der Waals surface area contributed by atoms with Crippen LogP contribution in [0, 0.1) is 5.92 Å². The first-order valence-corrected chi connectivity index (χ1v) is 7.85. The van der Waals surface area contributed by atoms with Gasteiger partial charge in [0.05, 0.1) is 0 Å². The second-order valence-corrected chi connectivity index (χ2v) is 5.97. The molecule has 0 radical (unpaired) electrons. The zero-order valence-corrected chi connectivity index (χ0v) is 12.2. The summed E-state index contributed by atoms with van der Waals surface area (Å²) in [6, 6.07) is 0.736. The van der Waals surface area contributed by atoms with Crippen LogP contribution in [-0.4, -0.2) is 53.8 Å². The number of piperidine rings is 1. The Hall–Kier alpha value is -0.280. The quantitative estimate of drug-likeness (QED) is 0.718. The Kier molecular flexibility index (Phi) is 5.31. The molecule has 0 saturated carbocycles. The Morgan fingerprint density at radius 1 is 1.33 bits per heavy atom. The maximum atomic E-state index is 11.8. The predicted octanol–water partition coefficient (Wildman–Crippen LogP) is 2.34. The van der Waals surface area contributed by atoms with Gasteiger partial charge in [-0.2, -0.15) is 0 Å². The molecule has 1 amide bonds. The molecule has 3 nitrogen and oxygen atoms in total. The van der Waals surface area contributed by atoms with Crippen LogP contribution in [0.5, 0.6) is 0 Å². The number of carbonyl (C=O) groups is 1. The van der Waals surface area contributed by atoms with Gasteiger partial charge >= 0.3 is 0 Å². The van der Waals surface area contributed by atoms with Gasteiger partial charge in [-0.25, -0.2) is 0 Å². The van der Waals surface area contributed by atoms with Crippen molar-refractivity contribution < 1.29 is 4.79 Å². The average Bonchev–Trinajstić information content (AvgIpc) is 2.77. The summed E-state index contributed by atoms with van der Waals surface area (Å²) in [7, 11) is 0. The first-order chi connectivity index (χ1) is 8.74. The van der Waals surface area contributed by atoms with E-state index in [-0.39, 0.29) is 0 Å². The molecule has 2 heterocycles. The van der Waals surface area contributed by atoms with Crippen molar-refractivity contribution in [3.8, 4) is 0 Å². The average molecular weight is 273 g/mol. The summed E-state index contributed by atoms with van der Waals surface area (Å²) >= 11 is 5.84. The van der Waals surface area contributed by atoms with Gasteiger partial charge in [0, 0.05) is 38.0 Å². The number of amides is 1. The molecule has 2 unspecified atom stereocenters. The van der Waals surface area contributed by atoms with Crippen LogP contribution in [0.4, 0.5) is 0 Å². The molecule has 0 aliphatic carbocycles. The number of hydrogen-bond acceptors (Lipinski definition) is 2. The standard InChI is InChI=1S/C14H25ClN2O/c1-2-13-5-3-4-6-16(13)7-8-17-11-12(10-15)9-14(17)18/h12-13H,2-11H2,1H3. The highest BCUT2D eigenvalue weighted by atomic mass is 35.5. The molecule has 2 aliphatic rings. The Bertz CT molecular complexity index is 285. The monoisotopic (exact) mass is 272 g/mol. The highest BCUT2D eigenvalue weighted by Crippen LogP contribution is 2.21. The van der Waals surface area contributed by atoms with Gasteiger partial charge in [-0.3, -0.25) is 9.69 Å². The smallest absolute Gasteiger partial charge is 0.223 e. The second kappa shape index (κ2) is 6.76. The van der Waals surface area contributed by atoms with Crippen molar-refractivity contribution in [2.24, 2.45) is 5.92 Å². The van der Waals surface area contributed by atoms with Crippen molar-refractivity contribution in [2.45, 2.75) is 45.1 Å². The van der Waals surface area contributed by atoms with Crippen LogP contribution in [0.25, 0.3) is 0 Å². The Morgan fingerprint density at radius 2 is 2.17 bits per heavy atom. The molecule has 0 N–H and O–H groups in total.